The van der Waals surface area contributed by atoms with Crippen LogP contribution in [0.15, 0.2) is 48.9 Å². The Labute approximate surface area is 181 Å². The number of aryl methyl sites for hydroxylation is 1. The molecule has 0 amide bonds. The van der Waals surface area contributed by atoms with Crippen LogP contribution in [0.25, 0.3) is 28.2 Å². The van der Waals surface area contributed by atoms with E-state index in [0.717, 1.165) is 41.4 Å². The second kappa shape index (κ2) is 7.65. The lowest BCUT2D eigenvalue weighted by atomic mass is 9.92. The molecule has 4 aromatic heterocycles. The maximum atomic E-state index is 10.7. The van der Waals surface area contributed by atoms with Gasteiger partial charge in [-0.25, -0.2) is 9.97 Å². The fraction of sp³-hybridized carbons (Fsp3) is 0.333. The minimum absolute atomic E-state index is 0.0849. The number of aromatic nitrogens is 5. The number of piperidine rings is 1. The van der Waals surface area contributed by atoms with E-state index in [0.29, 0.717) is 23.2 Å². The molecule has 0 radical (unpaired) electrons. The molecule has 1 N–H and O–H groups in total. The molecule has 5 rings (SSSR count). The molecule has 2 atom stereocenters. The van der Waals surface area contributed by atoms with Crippen LogP contribution in [-0.2, 0) is 0 Å². The molecular formula is C24H26N6O. The Bertz CT molecular complexity index is 1220. The summed E-state index contributed by atoms with van der Waals surface area (Å²) in [4.78, 5) is 11.2. The van der Waals surface area contributed by atoms with Crippen molar-refractivity contribution in [2.75, 3.05) is 18.0 Å². The first-order valence-electron chi connectivity index (χ1n) is 10.7. The van der Waals surface area contributed by atoms with Crippen molar-refractivity contribution < 1.29 is 5.11 Å². The van der Waals surface area contributed by atoms with Crippen molar-refractivity contribution >= 4 is 11.5 Å². The van der Waals surface area contributed by atoms with Crippen molar-refractivity contribution in [2.45, 2.75) is 27.2 Å². The van der Waals surface area contributed by atoms with E-state index in [2.05, 4.69) is 38.9 Å². The molecule has 5 heterocycles. The average molecular weight is 415 g/mol. The number of hydrogen-bond acceptors (Lipinski definition) is 6. The van der Waals surface area contributed by atoms with Crippen molar-refractivity contribution in [3.63, 3.8) is 0 Å². The zero-order valence-electron chi connectivity index (χ0n) is 18.0. The third-order valence-corrected chi connectivity index (χ3v) is 5.86. The molecule has 0 aromatic carbocycles. The quantitative estimate of drug-likeness (QED) is 0.537. The Morgan fingerprint density at radius 3 is 2.48 bits per heavy atom. The Hall–Kier alpha value is -3.48. The first-order valence-corrected chi connectivity index (χ1v) is 10.7. The van der Waals surface area contributed by atoms with E-state index in [1.165, 1.54) is 6.42 Å². The molecule has 158 valence electrons. The van der Waals surface area contributed by atoms with Crippen LogP contribution in [0.1, 0.15) is 26.0 Å². The highest BCUT2D eigenvalue weighted by atomic mass is 16.3. The third kappa shape index (κ3) is 3.83. The van der Waals surface area contributed by atoms with E-state index in [9.17, 15) is 5.11 Å². The van der Waals surface area contributed by atoms with Gasteiger partial charge in [0, 0.05) is 42.8 Å². The van der Waals surface area contributed by atoms with E-state index < -0.39 is 0 Å². The van der Waals surface area contributed by atoms with Gasteiger partial charge in [0.25, 0.3) is 0 Å². The predicted octanol–water partition coefficient (Wildman–Crippen LogP) is 4.35. The normalized spacial score (nSPS) is 19.1. The summed E-state index contributed by atoms with van der Waals surface area (Å²) < 4.78 is 1.97. The monoisotopic (exact) mass is 414 g/mol. The summed E-state index contributed by atoms with van der Waals surface area (Å²) in [5.74, 6) is 2.26. The Balaban J connectivity index is 1.40. The van der Waals surface area contributed by atoms with Crippen molar-refractivity contribution in [3.05, 3.63) is 54.6 Å². The molecule has 7 heteroatoms. The minimum Gasteiger partial charge on any atom is -0.506 e. The van der Waals surface area contributed by atoms with Crippen molar-refractivity contribution in [3.8, 4) is 28.3 Å². The number of anilines is 1. The summed E-state index contributed by atoms with van der Waals surface area (Å²) in [5.41, 5.74) is 4.63. The van der Waals surface area contributed by atoms with E-state index in [1.54, 1.807) is 12.3 Å². The molecule has 0 spiro atoms. The number of rotatable bonds is 3. The van der Waals surface area contributed by atoms with Gasteiger partial charge >= 0.3 is 0 Å². The van der Waals surface area contributed by atoms with E-state index in [-0.39, 0.29) is 5.75 Å². The molecule has 0 aliphatic carbocycles. The van der Waals surface area contributed by atoms with Crippen LogP contribution in [-0.4, -0.2) is 42.8 Å². The van der Waals surface area contributed by atoms with Crippen LogP contribution in [0.5, 0.6) is 5.75 Å². The summed E-state index contributed by atoms with van der Waals surface area (Å²) >= 11 is 0. The van der Waals surface area contributed by atoms with Gasteiger partial charge in [-0.05, 0) is 55.5 Å². The topological polar surface area (TPSA) is 79.4 Å². The van der Waals surface area contributed by atoms with E-state index >= 15 is 0 Å². The van der Waals surface area contributed by atoms with Gasteiger partial charge in [-0.1, -0.05) is 13.8 Å². The molecule has 0 unspecified atom stereocenters. The summed E-state index contributed by atoms with van der Waals surface area (Å²) in [6.45, 7) is 8.52. The second-order valence-corrected chi connectivity index (χ2v) is 8.79. The van der Waals surface area contributed by atoms with E-state index in [4.69, 9.17) is 0 Å². The van der Waals surface area contributed by atoms with Crippen LogP contribution in [0.2, 0.25) is 0 Å². The second-order valence-electron chi connectivity index (χ2n) is 8.79. The summed E-state index contributed by atoms with van der Waals surface area (Å²) in [5, 5.41) is 19.4. The fourth-order valence-corrected chi connectivity index (χ4v) is 4.57. The number of pyridine rings is 2. The highest BCUT2D eigenvalue weighted by Crippen LogP contribution is 2.31. The molecule has 1 aliphatic heterocycles. The van der Waals surface area contributed by atoms with Crippen LogP contribution < -0.4 is 4.90 Å². The van der Waals surface area contributed by atoms with Crippen LogP contribution in [0, 0.1) is 18.8 Å². The zero-order valence-corrected chi connectivity index (χ0v) is 18.0. The molecule has 1 fully saturated rings. The van der Waals surface area contributed by atoms with Gasteiger partial charge in [0.2, 0.25) is 0 Å². The predicted molar refractivity (Wildman–Crippen MR) is 121 cm³/mol. The lowest BCUT2D eigenvalue weighted by Gasteiger charge is -2.35. The summed E-state index contributed by atoms with van der Waals surface area (Å²) in [6.07, 6.45) is 6.96. The molecule has 0 saturated carbocycles. The average Bonchev–Trinajstić information content (AvgIpc) is 3.12. The van der Waals surface area contributed by atoms with Crippen molar-refractivity contribution in [1.29, 1.82) is 0 Å². The number of imidazole rings is 1. The van der Waals surface area contributed by atoms with Gasteiger partial charge < -0.3 is 14.4 Å². The van der Waals surface area contributed by atoms with Gasteiger partial charge in [0.05, 0.1) is 5.69 Å². The summed E-state index contributed by atoms with van der Waals surface area (Å²) in [6, 6.07) is 9.51. The Morgan fingerprint density at radius 1 is 0.968 bits per heavy atom. The molecule has 1 saturated heterocycles. The SMILES string of the molecule is Cc1cn2cc(-c3cnc(-c4ccc(N5C[C@H](C)C[C@H](C)C5)nn4)c(O)c3)ccc2n1. The maximum Gasteiger partial charge on any atom is 0.151 e. The Kier molecular flexibility index (Phi) is 4.81. The maximum absolute atomic E-state index is 10.7. The molecule has 1 aliphatic rings. The van der Waals surface area contributed by atoms with Crippen molar-refractivity contribution in [2.24, 2.45) is 11.8 Å². The van der Waals surface area contributed by atoms with Gasteiger partial charge in [-0.2, -0.15) is 0 Å². The highest BCUT2D eigenvalue weighted by Gasteiger charge is 2.23. The molecule has 31 heavy (non-hydrogen) atoms. The van der Waals surface area contributed by atoms with E-state index in [1.807, 2.05) is 48.0 Å². The van der Waals surface area contributed by atoms with Gasteiger partial charge in [0.15, 0.2) is 5.82 Å². The van der Waals surface area contributed by atoms with Gasteiger partial charge in [-0.3, -0.25) is 0 Å². The van der Waals surface area contributed by atoms with Crippen LogP contribution in [0.4, 0.5) is 5.82 Å². The number of aromatic hydroxyl groups is 1. The molecule has 4 aromatic rings. The lowest BCUT2D eigenvalue weighted by molar-refractivity contribution is 0.355. The molecule has 7 nitrogen and oxygen atoms in total. The third-order valence-electron chi connectivity index (χ3n) is 5.86. The zero-order chi connectivity index (χ0) is 21.5. The first kappa shape index (κ1) is 19.5. The molecular weight excluding hydrogens is 388 g/mol. The first-order chi connectivity index (χ1) is 15.0. The smallest absolute Gasteiger partial charge is 0.151 e. The van der Waals surface area contributed by atoms with Crippen molar-refractivity contribution in [1.82, 2.24) is 24.6 Å². The van der Waals surface area contributed by atoms with Crippen LogP contribution in [0.3, 0.4) is 0 Å². The summed E-state index contributed by atoms with van der Waals surface area (Å²) in [7, 11) is 0. The number of nitrogens with zero attached hydrogens (tertiary/aromatic N) is 6. The lowest BCUT2D eigenvalue weighted by Crippen LogP contribution is -2.39. The Morgan fingerprint density at radius 2 is 1.77 bits per heavy atom. The van der Waals surface area contributed by atoms with Gasteiger partial charge in [0.1, 0.15) is 22.8 Å². The minimum atomic E-state index is 0.0849. The number of hydrogen-bond donors (Lipinski definition) is 1. The highest BCUT2D eigenvalue weighted by molar-refractivity contribution is 5.71. The standard InChI is InChI=1S/C24H26N6O/c1-15-8-16(2)12-29(11-15)23-7-5-20(27-28-23)24-21(31)9-19(10-25-24)18-4-6-22-26-17(3)13-30(22)14-18/h4-7,9-10,13-16,31H,8,11-12H2,1-3H3/t15-,16+. The number of fused-ring (bicyclic) bond motifs is 1. The molecule has 0 bridgehead atoms. The fourth-order valence-electron chi connectivity index (χ4n) is 4.57. The van der Waals surface area contributed by atoms with Crippen LogP contribution >= 0.6 is 0 Å². The largest absolute Gasteiger partial charge is 0.506 e. The van der Waals surface area contributed by atoms with Gasteiger partial charge in [-0.15, -0.1) is 10.2 Å².